The first kappa shape index (κ1) is 14.9. The van der Waals surface area contributed by atoms with Gasteiger partial charge in [0, 0.05) is 17.1 Å². The number of nitrogens with one attached hydrogen (secondary N) is 1. The van der Waals surface area contributed by atoms with Crippen molar-refractivity contribution < 1.29 is 0 Å². The van der Waals surface area contributed by atoms with Crippen molar-refractivity contribution in [2.75, 3.05) is 0 Å². The quantitative estimate of drug-likeness (QED) is 0.749. The molecule has 0 aliphatic rings. The lowest BCUT2D eigenvalue weighted by Crippen LogP contribution is -2.17. The Morgan fingerprint density at radius 2 is 1.74 bits per heavy atom. The van der Waals surface area contributed by atoms with Crippen molar-refractivity contribution in [3.8, 4) is 0 Å². The van der Waals surface area contributed by atoms with Gasteiger partial charge in [-0.2, -0.15) is 0 Å². The maximum absolute atomic E-state index is 6.00. The van der Waals surface area contributed by atoms with Gasteiger partial charge in [-0.05, 0) is 42.3 Å². The lowest BCUT2D eigenvalue weighted by atomic mass is 10.1. The van der Waals surface area contributed by atoms with E-state index < -0.39 is 0 Å². The van der Waals surface area contributed by atoms with E-state index in [1.165, 1.54) is 5.56 Å². The van der Waals surface area contributed by atoms with Crippen LogP contribution in [0.3, 0.4) is 0 Å². The molecule has 0 radical (unpaired) electrons. The zero-order chi connectivity index (χ0) is 13.8. The molecule has 0 fully saturated rings. The third-order valence-electron chi connectivity index (χ3n) is 2.97. The van der Waals surface area contributed by atoms with Gasteiger partial charge in [0.05, 0.1) is 10.0 Å². The molecule has 19 heavy (non-hydrogen) atoms. The van der Waals surface area contributed by atoms with Gasteiger partial charge in [-0.3, -0.25) is 0 Å². The monoisotopic (exact) mass is 357 g/mol. The second kappa shape index (κ2) is 6.76. The topological polar surface area (TPSA) is 12.0 Å². The molecule has 1 N–H and O–H groups in total. The molecule has 0 spiro atoms. The molecule has 2 aromatic rings. The Hall–Kier alpha value is -0.540. The number of rotatable bonds is 4. The molecule has 4 heteroatoms. The van der Waals surface area contributed by atoms with Crippen LogP contribution in [0.15, 0.2) is 46.9 Å². The van der Waals surface area contributed by atoms with Gasteiger partial charge >= 0.3 is 0 Å². The van der Waals surface area contributed by atoms with Crippen molar-refractivity contribution >= 4 is 39.1 Å². The van der Waals surface area contributed by atoms with Crippen molar-refractivity contribution in [1.29, 1.82) is 0 Å². The van der Waals surface area contributed by atoms with Crippen LogP contribution in [0.1, 0.15) is 24.1 Å². The first-order valence-electron chi connectivity index (χ1n) is 5.99. The van der Waals surface area contributed by atoms with Crippen molar-refractivity contribution in [1.82, 2.24) is 5.32 Å². The smallest absolute Gasteiger partial charge is 0.0595 e. The number of halogens is 3. The third kappa shape index (κ3) is 4.22. The lowest BCUT2D eigenvalue weighted by Gasteiger charge is -2.14. The number of hydrogen-bond donors (Lipinski definition) is 1. The standard InChI is InChI=1S/C15H14BrCl2N/c1-10(12-3-5-13(16)6-4-12)19-9-11-2-7-14(17)15(18)8-11/h2-8,10,19H,9H2,1H3/t10-/m0/s1. The highest BCUT2D eigenvalue weighted by molar-refractivity contribution is 9.10. The van der Waals surface area contributed by atoms with E-state index in [1.54, 1.807) is 0 Å². The molecule has 1 atom stereocenters. The average Bonchev–Trinajstić information content (AvgIpc) is 2.40. The van der Waals surface area contributed by atoms with Crippen LogP contribution in [0, 0.1) is 0 Å². The molecule has 0 unspecified atom stereocenters. The van der Waals surface area contributed by atoms with Crippen LogP contribution in [-0.4, -0.2) is 0 Å². The summed E-state index contributed by atoms with van der Waals surface area (Å²) in [6, 6.07) is 14.3. The molecule has 100 valence electrons. The summed E-state index contributed by atoms with van der Waals surface area (Å²) in [6.07, 6.45) is 0. The van der Waals surface area contributed by atoms with Crippen molar-refractivity contribution in [3.63, 3.8) is 0 Å². The minimum absolute atomic E-state index is 0.280. The molecule has 0 saturated carbocycles. The fraction of sp³-hybridized carbons (Fsp3) is 0.200. The van der Waals surface area contributed by atoms with Gasteiger partial charge in [-0.15, -0.1) is 0 Å². The van der Waals surface area contributed by atoms with Crippen LogP contribution < -0.4 is 5.32 Å². The Morgan fingerprint density at radius 1 is 1.05 bits per heavy atom. The molecule has 1 nitrogen and oxygen atoms in total. The van der Waals surface area contributed by atoms with E-state index >= 15 is 0 Å². The molecular weight excluding hydrogens is 345 g/mol. The van der Waals surface area contributed by atoms with E-state index in [0.29, 0.717) is 10.0 Å². The molecule has 0 aliphatic heterocycles. The summed E-state index contributed by atoms with van der Waals surface area (Å²) >= 11 is 15.3. The molecule has 0 amide bonds. The maximum atomic E-state index is 6.00. The second-order valence-electron chi connectivity index (χ2n) is 4.40. The first-order valence-corrected chi connectivity index (χ1v) is 7.54. The predicted octanol–water partition coefficient (Wildman–Crippen LogP) is 5.61. The fourth-order valence-electron chi connectivity index (χ4n) is 1.79. The van der Waals surface area contributed by atoms with E-state index in [0.717, 1.165) is 16.6 Å². The average molecular weight is 359 g/mol. The van der Waals surface area contributed by atoms with Crippen molar-refractivity contribution in [2.24, 2.45) is 0 Å². The van der Waals surface area contributed by atoms with Gasteiger partial charge in [0.25, 0.3) is 0 Å². The van der Waals surface area contributed by atoms with Gasteiger partial charge in [0.15, 0.2) is 0 Å². The van der Waals surface area contributed by atoms with Crippen molar-refractivity contribution in [2.45, 2.75) is 19.5 Å². The molecule has 0 heterocycles. The minimum Gasteiger partial charge on any atom is -0.306 e. The molecule has 0 aromatic heterocycles. The van der Waals surface area contributed by atoms with Crippen LogP contribution in [0.25, 0.3) is 0 Å². The molecule has 0 aliphatic carbocycles. The van der Waals surface area contributed by atoms with Crippen LogP contribution >= 0.6 is 39.1 Å². The summed E-state index contributed by atoms with van der Waals surface area (Å²) in [6.45, 7) is 2.90. The summed E-state index contributed by atoms with van der Waals surface area (Å²) in [7, 11) is 0. The molecular formula is C15H14BrCl2N. The highest BCUT2D eigenvalue weighted by Gasteiger charge is 2.05. The minimum atomic E-state index is 0.280. The Balaban J connectivity index is 1.98. The van der Waals surface area contributed by atoms with Gasteiger partial charge < -0.3 is 5.32 Å². The normalized spacial score (nSPS) is 12.4. The summed E-state index contributed by atoms with van der Waals surface area (Å²) in [4.78, 5) is 0. The summed E-state index contributed by atoms with van der Waals surface area (Å²) < 4.78 is 1.09. The summed E-state index contributed by atoms with van der Waals surface area (Å²) in [5.41, 5.74) is 2.38. The summed E-state index contributed by atoms with van der Waals surface area (Å²) in [5, 5.41) is 4.65. The molecule has 2 aromatic carbocycles. The Bertz CT molecular complexity index is 555. The van der Waals surface area contributed by atoms with Gasteiger partial charge in [0.2, 0.25) is 0 Å². The van der Waals surface area contributed by atoms with Crippen molar-refractivity contribution in [3.05, 3.63) is 68.1 Å². The largest absolute Gasteiger partial charge is 0.306 e. The number of hydrogen-bond acceptors (Lipinski definition) is 1. The number of benzene rings is 2. The molecule has 0 saturated heterocycles. The predicted molar refractivity (Wildman–Crippen MR) is 85.9 cm³/mol. The maximum Gasteiger partial charge on any atom is 0.0595 e. The van der Waals surface area contributed by atoms with Gasteiger partial charge in [-0.1, -0.05) is 57.3 Å². The zero-order valence-electron chi connectivity index (χ0n) is 10.5. The van der Waals surface area contributed by atoms with Crippen LogP contribution in [0.4, 0.5) is 0 Å². The lowest BCUT2D eigenvalue weighted by molar-refractivity contribution is 0.574. The van der Waals surface area contributed by atoms with Crippen LogP contribution in [-0.2, 0) is 6.54 Å². The highest BCUT2D eigenvalue weighted by Crippen LogP contribution is 2.23. The van der Waals surface area contributed by atoms with E-state index in [2.05, 4.69) is 40.3 Å². The first-order chi connectivity index (χ1) is 9.06. The molecule has 0 bridgehead atoms. The van der Waals surface area contributed by atoms with E-state index in [9.17, 15) is 0 Å². The zero-order valence-corrected chi connectivity index (χ0v) is 13.6. The third-order valence-corrected chi connectivity index (χ3v) is 4.23. The highest BCUT2D eigenvalue weighted by atomic mass is 79.9. The van der Waals surface area contributed by atoms with E-state index in [4.69, 9.17) is 23.2 Å². The Labute approximate surface area is 132 Å². The van der Waals surface area contributed by atoms with Gasteiger partial charge in [-0.25, -0.2) is 0 Å². The Kier molecular flexibility index (Phi) is 5.28. The van der Waals surface area contributed by atoms with E-state index in [-0.39, 0.29) is 6.04 Å². The summed E-state index contributed by atoms with van der Waals surface area (Å²) in [5.74, 6) is 0. The van der Waals surface area contributed by atoms with Crippen LogP contribution in [0.2, 0.25) is 10.0 Å². The SMILES string of the molecule is C[C@H](NCc1ccc(Cl)c(Cl)c1)c1ccc(Br)cc1. The second-order valence-corrected chi connectivity index (χ2v) is 6.13. The van der Waals surface area contributed by atoms with Gasteiger partial charge in [0.1, 0.15) is 0 Å². The fourth-order valence-corrected chi connectivity index (χ4v) is 2.37. The van der Waals surface area contributed by atoms with Crippen LogP contribution in [0.5, 0.6) is 0 Å². The Morgan fingerprint density at radius 3 is 2.37 bits per heavy atom. The molecule has 2 rings (SSSR count). The van der Waals surface area contributed by atoms with E-state index in [1.807, 2.05) is 30.3 Å².